The number of benzene rings is 3. The Hall–Kier alpha value is -4.54. The van der Waals surface area contributed by atoms with Gasteiger partial charge in [-0.3, -0.25) is 25.7 Å². The Morgan fingerprint density at radius 2 is 0.966 bits per heavy atom. The normalized spacial score (nSPS) is 11.0. The molecule has 0 spiro atoms. The molecule has 0 bridgehead atoms. The Balaban J connectivity index is 1.56. The summed E-state index contributed by atoms with van der Waals surface area (Å²) in [6.07, 6.45) is 0. The van der Waals surface area contributed by atoms with Crippen LogP contribution in [-0.4, -0.2) is 9.85 Å². The van der Waals surface area contributed by atoms with Gasteiger partial charge in [0.1, 0.15) is 0 Å². The fraction of sp³-hybridized carbons (Fsp3) is 0. The standard InChI is InChI=1S/C18H13N7O4/c26-24(27)17-9-5-14(6-10-17)20-19-13-1-3-15(4-2-13)21-23-22-16-7-11-18(12-8-16)25(28)29/h1-12H,(H,21,22). The molecule has 0 aliphatic heterocycles. The quantitative estimate of drug-likeness (QED) is 0.296. The average Bonchev–Trinajstić information content (AvgIpc) is 2.74. The molecule has 1 N–H and O–H groups in total. The van der Waals surface area contributed by atoms with Gasteiger partial charge in [0.15, 0.2) is 0 Å². The second kappa shape index (κ2) is 8.90. The van der Waals surface area contributed by atoms with Gasteiger partial charge in [-0.1, -0.05) is 5.22 Å². The number of nitro benzene ring substituents is 2. The van der Waals surface area contributed by atoms with Gasteiger partial charge in [0.05, 0.1) is 32.6 Å². The van der Waals surface area contributed by atoms with Gasteiger partial charge in [-0.05, 0) is 48.5 Å². The van der Waals surface area contributed by atoms with Crippen LogP contribution >= 0.6 is 0 Å². The van der Waals surface area contributed by atoms with Gasteiger partial charge >= 0.3 is 0 Å². The van der Waals surface area contributed by atoms with Crippen molar-refractivity contribution in [1.29, 1.82) is 0 Å². The zero-order valence-electron chi connectivity index (χ0n) is 14.7. The maximum absolute atomic E-state index is 10.6. The van der Waals surface area contributed by atoms with E-state index in [1.807, 2.05) is 0 Å². The van der Waals surface area contributed by atoms with Crippen LogP contribution in [-0.2, 0) is 0 Å². The highest BCUT2D eigenvalue weighted by Crippen LogP contribution is 2.23. The summed E-state index contributed by atoms with van der Waals surface area (Å²) in [5.74, 6) is 0. The van der Waals surface area contributed by atoms with Crippen molar-refractivity contribution >= 4 is 34.1 Å². The minimum absolute atomic E-state index is 0.0118. The average molecular weight is 391 g/mol. The lowest BCUT2D eigenvalue weighted by atomic mass is 10.3. The van der Waals surface area contributed by atoms with Crippen LogP contribution < -0.4 is 5.43 Å². The number of nitrogens with one attached hydrogen (secondary N) is 1. The zero-order chi connectivity index (χ0) is 20.6. The number of hydrogen-bond donors (Lipinski definition) is 1. The number of non-ortho nitro benzene ring substituents is 2. The topological polar surface area (TPSA) is 148 Å². The summed E-state index contributed by atoms with van der Waals surface area (Å²) in [4.78, 5) is 20.3. The molecule has 3 aromatic rings. The van der Waals surface area contributed by atoms with E-state index in [1.165, 1.54) is 48.5 Å². The van der Waals surface area contributed by atoms with Crippen LogP contribution in [0.3, 0.4) is 0 Å². The highest BCUT2D eigenvalue weighted by atomic mass is 16.6. The first-order valence-electron chi connectivity index (χ1n) is 8.19. The molecule has 0 amide bonds. The molecule has 11 nitrogen and oxygen atoms in total. The van der Waals surface area contributed by atoms with Crippen LogP contribution in [0.15, 0.2) is 93.4 Å². The van der Waals surface area contributed by atoms with E-state index in [1.54, 1.807) is 24.3 Å². The third-order valence-electron chi connectivity index (χ3n) is 3.61. The predicted molar refractivity (Wildman–Crippen MR) is 105 cm³/mol. The maximum Gasteiger partial charge on any atom is 0.269 e. The molecule has 0 aliphatic rings. The van der Waals surface area contributed by atoms with Crippen LogP contribution in [0.5, 0.6) is 0 Å². The minimum Gasteiger partial charge on any atom is -0.260 e. The fourth-order valence-corrected chi connectivity index (χ4v) is 2.14. The van der Waals surface area contributed by atoms with E-state index < -0.39 is 9.85 Å². The van der Waals surface area contributed by atoms with Crippen LogP contribution in [0.2, 0.25) is 0 Å². The molecule has 0 saturated carbocycles. The highest BCUT2D eigenvalue weighted by molar-refractivity contribution is 5.51. The van der Waals surface area contributed by atoms with Crippen molar-refractivity contribution in [2.24, 2.45) is 20.6 Å². The molecule has 0 heterocycles. The van der Waals surface area contributed by atoms with Crippen molar-refractivity contribution in [3.8, 4) is 0 Å². The summed E-state index contributed by atoms with van der Waals surface area (Å²) >= 11 is 0. The van der Waals surface area contributed by atoms with E-state index in [0.29, 0.717) is 22.7 Å². The van der Waals surface area contributed by atoms with Gasteiger partial charge in [-0.2, -0.15) is 10.2 Å². The van der Waals surface area contributed by atoms with Crippen molar-refractivity contribution in [2.45, 2.75) is 0 Å². The molecule has 0 aromatic heterocycles. The predicted octanol–water partition coefficient (Wildman–Crippen LogP) is 6.03. The molecule has 0 saturated heterocycles. The lowest BCUT2D eigenvalue weighted by Crippen LogP contribution is -1.86. The molecule has 0 atom stereocenters. The lowest BCUT2D eigenvalue weighted by Gasteiger charge is -1.99. The SMILES string of the molecule is O=[N+]([O-])c1ccc(N=NNc2ccc(N=Nc3ccc([N+](=O)[O-])cc3)cc2)cc1. The Morgan fingerprint density at radius 1 is 0.586 bits per heavy atom. The summed E-state index contributed by atoms with van der Waals surface area (Å²) in [6, 6.07) is 18.3. The van der Waals surface area contributed by atoms with E-state index >= 15 is 0 Å². The number of anilines is 1. The number of nitro groups is 2. The van der Waals surface area contributed by atoms with Crippen LogP contribution in [0.25, 0.3) is 0 Å². The van der Waals surface area contributed by atoms with Crippen LogP contribution in [0.1, 0.15) is 0 Å². The first-order chi connectivity index (χ1) is 14.0. The Labute approximate surface area is 163 Å². The first kappa shape index (κ1) is 19.2. The van der Waals surface area contributed by atoms with Crippen LogP contribution in [0, 0.1) is 20.2 Å². The fourth-order valence-electron chi connectivity index (χ4n) is 2.14. The largest absolute Gasteiger partial charge is 0.269 e. The van der Waals surface area contributed by atoms with E-state index in [9.17, 15) is 20.2 Å². The first-order valence-corrected chi connectivity index (χ1v) is 8.19. The Bertz CT molecular complexity index is 1060. The number of nitrogens with zero attached hydrogens (tertiary/aromatic N) is 6. The third-order valence-corrected chi connectivity index (χ3v) is 3.61. The van der Waals surface area contributed by atoms with Crippen molar-refractivity contribution < 1.29 is 9.85 Å². The summed E-state index contributed by atoms with van der Waals surface area (Å²) in [6.45, 7) is 0. The van der Waals surface area contributed by atoms with Gasteiger partial charge in [0.25, 0.3) is 11.4 Å². The molecule has 3 aromatic carbocycles. The van der Waals surface area contributed by atoms with Crippen LogP contribution in [0.4, 0.5) is 34.1 Å². The van der Waals surface area contributed by atoms with E-state index in [4.69, 9.17) is 0 Å². The van der Waals surface area contributed by atoms with Gasteiger partial charge < -0.3 is 0 Å². The number of rotatable bonds is 7. The molecular formula is C18H13N7O4. The van der Waals surface area contributed by atoms with Crippen molar-refractivity contribution in [3.63, 3.8) is 0 Å². The molecule has 29 heavy (non-hydrogen) atoms. The second-order valence-corrected chi connectivity index (χ2v) is 5.61. The summed E-state index contributed by atoms with van der Waals surface area (Å²) in [5.41, 5.74) is 4.91. The minimum atomic E-state index is -0.486. The van der Waals surface area contributed by atoms with Gasteiger partial charge in [0.2, 0.25) is 0 Å². The molecule has 0 fully saturated rings. The lowest BCUT2D eigenvalue weighted by molar-refractivity contribution is -0.385. The maximum atomic E-state index is 10.6. The van der Waals surface area contributed by atoms with Crippen molar-refractivity contribution in [3.05, 3.63) is 93.0 Å². The zero-order valence-corrected chi connectivity index (χ0v) is 14.7. The number of hydrogen-bond acceptors (Lipinski definition) is 8. The van der Waals surface area contributed by atoms with Gasteiger partial charge in [-0.15, -0.1) is 5.11 Å². The Kier molecular flexibility index (Phi) is 5.90. The highest BCUT2D eigenvalue weighted by Gasteiger charge is 2.04. The van der Waals surface area contributed by atoms with E-state index in [0.717, 1.165) is 0 Å². The third kappa shape index (κ3) is 5.47. The van der Waals surface area contributed by atoms with Gasteiger partial charge in [-0.25, -0.2) is 0 Å². The molecule has 11 heteroatoms. The smallest absolute Gasteiger partial charge is 0.260 e. The van der Waals surface area contributed by atoms with E-state index in [-0.39, 0.29) is 11.4 Å². The molecule has 3 rings (SSSR count). The monoisotopic (exact) mass is 391 g/mol. The second-order valence-electron chi connectivity index (χ2n) is 5.61. The van der Waals surface area contributed by atoms with Crippen molar-refractivity contribution in [2.75, 3.05) is 5.43 Å². The molecule has 0 radical (unpaired) electrons. The van der Waals surface area contributed by atoms with Crippen molar-refractivity contribution in [1.82, 2.24) is 0 Å². The molecule has 0 unspecified atom stereocenters. The van der Waals surface area contributed by atoms with E-state index in [2.05, 4.69) is 26.0 Å². The molecule has 0 aliphatic carbocycles. The molecular weight excluding hydrogens is 378 g/mol. The number of azo groups is 1. The summed E-state index contributed by atoms with van der Waals surface area (Å²) in [5, 5.41) is 37.1. The summed E-state index contributed by atoms with van der Waals surface area (Å²) < 4.78 is 0. The Morgan fingerprint density at radius 3 is 1.38 bits per heavy atom. The summed E-state index contributed by atoms with van der Waals surface area (Å²) in [7, 11) is 0. The molecule has 144 valence electrons. The van der Waals surface area contributed by atoms with Gasteiger partial charge in [0, 0.05) is 24.3 Å².